The van der Waals surface area contributed by atoms with E-state index in [1.54, 1.807) is 17.0 Å². The number of unbranched alkanes of at least 4 members (excludes halogenated alkanes) is 1. The van der Waals surface area contributed by atoms with Crippen molar-refractivity contribution < 1.29 is 29.5 Å². The van der Waals surface area contributed by atoms with Gasteiger partial charge < -0.3 is 20.6 Å². The largest absolute Gasteiger partial charge is 0.503 e. The molecule has 0 saturated heterocycles. The number of rotatable bonds is 8. The van der Waals surface area contributed by atoms with Crippen LogP contribution in [0.1, 0.15) is 31.7 Å². The van der Waals surface area contributed by atoms with Crippen LogP contribution in [0.5, 0.6) is 5.75 Å². The van der Waals surface area contributed by atoms with Crippen LogP contribution >= 0.6 is 0 Å². The highest BCUT2D eigenvalue weighted by Gasteiger charge is 2.17. The summed E-state index contributed by atoms with van der Waals surface area (Å²) in [6, 6.07) is 0.609. The van der Waals surface area contributed by atoms with Gasteiger partial charge in [-0.1, -0.05) is 0 Å². The zero-order valence-electron chi connectivity index (χ0n) is 12.0. The number of amides is 1. The van der Waals surface area contributed by atoms with Crippen LogP contribution in [0, 0.1) is 0 Å². The number of aliphatic carboxylic acids is 1. The molecule has 0 aromatic carbocycles. The lowest BCUT2D eigenvalue weighted by molar-refractivity contribution is -0.698. The van der Waals surface area contributed by atoms with Crippen LogP contribution in [-0.2, 0) is 22.7 Å². The lowest BCUT2D eigenvalue weighted by Gasteiger charge is -2.12. The average Bonchev–Trinajstić information content (AvgIpc) is 2.40. The van der Waals surface area contributed by atoms with Crippen LogP contribution in [0.3, 0.4) is 0 Å². The van der Waals surface area contributed by atoms with E-state index < -0.39 is 12.0 Å². The summed E-state index contributed by atoms with van der Waals surface area (Å²) in [7, 11) is 0. The Morgan fingerprint density at radius 2 is 2.05 bits per heavy atom. The average molecular weight is 297 g/mol. The Hall–Kier alpha value is -2.15. The van der Waals surface area contributed by atoms with Crippen LogP contribution in [0.25, 0.3) is 0 Å². The van der Waals surface area contributed by atoms with Gasteiger partial charge in [0.15, 0.2) is 11.9 Å². The molecule has 0 bridgehead atoms. The number of aryl methyl sites for hydroxylation is 1. The van der Waals surface area contributed by atoms with E-state index in [1.807, 2.05) is 0 Å². The lowest BCUT2D eigenvalue weighted by Crippen LogP contribution is -2.39. The van der Waals surface area contributed by atoms with Gasteiger partial charge in [-0.3, -0.25) is 4.79 Å². The quantitative estimate of drug-likeness (QED) is 0.396. The number of carboxylic acids is 1. The zero-order valence-corrected chi connectivity index (χ0v) is 12.0. The first-order valence-electron chi connectivity index (χ1n) is 6.75. The molecule has 7 heteroatoms. The Bertz CT molecular complexity index is 504. The number of aliphatic hydroxyl groups excluding tert-OH is 1. The second kappa shape index (κ2) is 8.21. The molecule has 0 aliphatic rings. The molecule has 0 fully saturated rings. The van der Waals surface area contributed by atoms with Gasteiger partial charge in [0.2, 0.25) is 12.1 Å². The number of pyridine rings is 1. The minimum atomic E-state index is -1.04. The van der Waals surface area contributed by atoms with Crippen LogP contribution in [0.2, 0.25) is 0 Å². The van der Waals surface area contributed by atoms with Gasteiger partial charge in [-0.2, -0.15) is 0 Å². The van der Waals surface area contributed by atoms with Crippen molar-refractivity contribution in [2.24, 2.45) is 0 Å². The second-order valence-electron chi connectivity index (χ2n) is 4.89. The van der Waals surface area contributed by atoms with Crippen LogP contribution < -0.4 is 9.88 Å². The van der Waals surface area contributed by atoms with Gasteiger partial charge in [0.25, 0.3) is 0 Å². The minimum absolute atomic E-state index is 0.0724. The third-order valence-electron chi connectivity index (χ3n) is 2.98. The molecule has 1 aromatic heterocycles. The Balaban J connectivity index is 2.44. The summed E-state index contributed by atoms with van der Waals surface area (Å²) in [5.41, 5.74) is 0.608. The Morgan fingerprint density at radius 1 is 1.33 bits per heavy atom. The third kappa shape index (κ3) is 6.22. The fourth-order valence-electron chi connectivity index (χ4n) is 2.05. The molecule has 1 rings (SSSR count). The predicted octanol–water partition coefficient (Wildman–Crippen LogP) is -0.0684. The van der Waals surface area contributed by atoms with Crippen LogP contribution in [-0.4, -0.2) is 33.2 Å². The van der Waals surface area contributed by atoms with Crippen molar-refractivity contribution >= 4 is 11.9 Å². The number of hydrogen-bond donors (Lipinski definition) is 4. The number of aromatic nitrogens is 1. The number of carbonyl (C=O) groups is 2. The first kappa shape index (κ1) is 16.9. The SMILES string of the molecule is CC(=O)N[C@@H](CCCC[n+]1cc(O)cc(CO)c1)C(=O)O. The Labute approximate surface area is 122 Å². The number of aliphatic hydroxyl groups is 1. The number of aromatic hydroxyl groups is 1. The minimum Gasteiger partial charge on any atom is -0.503 e. The number of hydrogen-bond acceptors (Lipinski definition) is 4. The third-order valence-corrected chi connectivity index (χ3v) is 2.98. The fourth-order valence-corrected chi connectivity index (χ4v) is 2.05. The van der Waals surface area contributed by atoms with Gasteiger partial charge in [0.1, 0.15) is 12.6 Å². The van der Waals surface area contributed by atoms with Crippen molar-refractivity contribution in [2.75, 3.05) is 0 Å². The number of carboxylic acid groups (broad SMARTS) is 1. The number of carbonyl (C=O) groups excluding carboxylic acids is 1. The van der Waals surface area contributed by atoms with Gasteiger partial charge in [-0.05, 0) is 18.9 Å². The molecule has 1 heterocycles. The van der Waals surface area contributed by atoms with E-state index in [0.717, 1.165) is 0 Å². The van der Waals surface area contributed by atoms with E-state index in [2.05, 4.69) is 5.32 Å². The van der Waals surface area contributed by atoms with Crippen LogP contribution in [0.15, 0.2) is 18.5 Å². The molecule has 4 N–H and O–H groups in total. The molecule has 116 valence electrons. The van der Waals surface area contributed by atoms with E-state index in [-0.39, 0.29) is 18.3 Å². The summed E-state index contributed by atoms with van der Waals surface area (Å²) in [5.74, 6) is -1.33. The highest BCUT2D eigenvalue weighted by molar-refractivity contribution is 5.81. The van der Waals surface area contributed by atoms with Crippen molar-refractivity contribution in [2.45, 2.75) is 45.4 Å². The zero-order chi connectivity index (χ0) is 15.8. The van der Waals surface area contributed by atoms with Crippen molar-refractivity contribution in [1.29, 1.82) is 0 Å². The molecule has 1 amide bonds. The van der Waals surface area contributed by atoms with Gasteiger partial charge >= 0.3 is 5.97 Å². The smallest absolute Gasteiger partial charge is 0.326 e. The van der Waals surface area contributed by atoms with Crippen molar-refractivity contribution in [3.63, 3.8) is 0 Å². The number of nitrogens with one attached hydrogen (secondary N) is 1. The Kier molecular flexibility index (Phi) is 6.61. The second-order valence-corrected chi connectivity index (χ2v) is 4.89. The van der Waals surface area contributed by atoms with Crippen LogP contribution in [0.4, 0.5) is 0 Å². The summed E-state index contributed by atoms with van der Waals surface area (Å²) >= 11 is 0. The lowest BCUT2D eigenvalue weighted by atomic mass is 10.1. The number of nitrogens with zero attached hydrogens (tertiary/aromatic N) is 1. The van der Waals surface area contributed by atoms with Gasteiger partial charge in [-0.25, -0.2) is 9.36 Å². The van der Waals surface area contributed by atoms with Crippen molar-refractivity contribution in [3.8, 4) is 5.75 Å². The first-order chi connectivity index (χ1) is 9.92. The maximum absolute atomic E-state index is 10.9. The molecule has 1 atom stereocenters. The van der Waals surface area contributed by atoms with E-state index in [4.69, 9.17) is 10.2 Å². The highest BCUT2D eigenvalue weighted by atomic mass is 16.4. The topological polar surface area (TPSA) is 111 Å². The standard InChI is InChI=1S/C14H20N2O5/c1-10(18)15-13(14(20)21)4-2-3-5-16-7-11(9-17)6-12(19)8-16/h6-8,13,17H,2-5,9H2,1H3,(H2-,15,18,19,20,21)/p+1/t13-/m0/s1. The molecule has 1 aromatic rings. The van der Waals surface area contributed by atoms with E-state index >= 15 is 0 Å². The monoisotopic (exact) mass is 297 g/mol. The molecule has 0 radical (unpaired) electrons. The summed E-state index contributed by atoms with van der Waals surface area (Å²) in [6.45, 7) is 1.72. The molecule has 0 unspecified atom stereocenters. The van der Waals surface area contributed by atoms with E-state index in [0.29, 0.717) is 31.4 Å². The molecular formula is C14H21N2O5+. The molecule has 0 spiro atoms. The molecule has 0 saturated carbocycles. The molecule has 21 heavy (non-hydrogen) atoms. The maximum Gasteiger partial charge on any atom is 0.326 e. The normalized spacial score (nSPS) is 11.9. The molecular weight excluding hydrogens is 276 g/mol. The summed E-state index contributed by atoms with van der Waals surface area (Å²) in [5, 5.41) is 29.9. The van der Waals surface area contributed by atoms with Gasteiger partial charge in [-0.15, -0.1) is 0 Å². The summed E-state index contributed by atoms with van der Waals surface area (Å²) in [6.07, 6.45) is 4.93. The van der Waals surface area contributed by atoms with E-state index in [9.17, 15) is 14.7 Å². The van der Waals surface area contributed by atoms with E-state index in [1.165, 1.54) is 13.0 Å². The Morgan fingerprint density at radius 3 is 2.62 bits per heavy atom. The predicted molar refractivity (Wildman–Crippen MR) is 73.3 cm³/mol. The highest BCUT2D eigenvalue weighted by Crippen LogP contribution is 2.08. The first-order valence-corrected chi connectivity index (χ1v) is 6.75. The maximum atomic E-state index is 10.9. The fraction of sp³-hybridized carbons (Fsp3) is 0.500. The van der Waals surface area contributed by atoms with Gasteiger partial charge in [0.05, 0.1) is 6.61 Å². The molecule has 0 aliphatic carbocycles. The van der Waals surface area contributed by atoms with Crippen molar-refractivity contribution in [3.05, 3.63) is 24.0 Å². The summed E-state index contributed by atoms with van der Waals surface area (Å²) < 4.78 is 1.75. The molecule has 0 aliphatic heterocycles. The summed E-state index contributed by atoms with van der Waals surface area (Å²) in [4.78, 5) is 21.8. The van der Waals surface area contributed by atoms with Crippen molar-refractivity contribution in [1.82, 2.24) is 5.32 Å². The van der Waals surface area contributed by atoms with Gasteiger partial charge in [0, 0.05) is 18.9 Å². The molecule has 7 nitrogen and oxygen atoms in total.